The average molecular weight is 384 g/mol. The summed E-state index contributed by atoms with van der Waals surface area (Å²) in [5.74, 6) is -0.556. The number of carbonyl (C=O) groups excluding carboxylic acids is 1. The van der Waals surface area contributed by atoms with Crippen molar-refractivity contribution in [2.45, 2.75) is 52.6 Å². The minimum Gasteiger partial charge on any atom is -0.462 e. The highest BCUT2D eigenvalue weighted by atomic mass is 32.2. The van der Waals surface area contributed by atoms with Crippen molar-refractivity contribution >= 4 is 25.8 Å². The van der Waals surface area contributed by atoms with E-state index in [1.54, 1.807) is 0 Å². The topological polar surface area (TPSA) is 97.8 Å². The summed E-state index contributed by atoms with van der Waals surface area (Å²) in [4.78, 5) is 12.1. The molecule has 1 saturated heterocycles. The van der Waals surface area contributed by atoms with E-state index in [1.807, 2.05) is 20.8 Å². The van der Waals surface area contributed by atoms with Gasteiger partial charge in [0.05, 0.1) is 16.9 Å². The van der Waals surface area contributed by atoms with Crippen LogP contribution in [0.2, 0.25) is 0 Å². The molecule has 0 saturated carbocycles. The Bertz CT molecular complexity index is 631. The number of carbonyl (C=O) groups is 1. The molecule has 0 aliphatic carbocycles. The van der Waals surface area contributed by atoms with Gasteiger partial charge in [-0.25, -0.2) is 21.1 Å². The lowest BCUT2D eigenvalue weighted by Gasteiger charge is -2.32. The number of ether oxygens (including phenoxy) is 1. The number of hydrogen-bond donors (Lipinski definition) is 0. The molecule has 24 heavy (non-hydrogen) atoms. The Kier molecular flexibility index (Phi) is 7.25. The van der Waals surface area contributed by atoms with Crippen molar-refractivity contribution in [3.63, 3.8) is 0 Å². The van der Waals surface area contributed by atoms with Crippen LogP contribution < -0.4 is 0 Å². The summed E-state index contributed by atoms with van der Waals surface area (Å²) in [6.45, 7) is 6.18. The molecule has 0 aromatic rings. The lowest BCUT2D eigenvalue weighted by molar-refractivity contribution is -0.161. The van der Waals surface area contributed by atoms with Crippen molar-refractivity contribution in [2.24, 2.45) is 5.41 Å². The monoisotopic (exact) mass is 383 g/mol. The summed E-state index contributed by atoms with van der Waals surface area (Å²) in [5.41, 5.74) is -0.533. The molecule has 0 atom stereocenters. The first-order valence-corrected chi connectivity index (χ1v) is 11.9. The number of esters is 1. The number of rotatable bonds is 8. The molecule has 0 bridgehead atoms. The summed E-state index contributed by atoms with van der Waals surface area (Å²) in [6, 6.07) is 0. The molecule has 1 aliphatic heterocycles. The Balaban J connectivity index is 2.48. The third kappa shape index (κ3) is 6.68. The van der Waals surface area contributed by atoms with E-state index in [1.165, 1.54) is 4.31 Å². The van der Waals surface area contributed by atoms with Crippen LogP contribution in [0, 0.1) is 5.41 Å². The Labute approximate surface area is 145 Å². The second kappa shape index (κ2) is 8.14. The maximum atomic E-state index is 12.2. The average Bonchev–Trinajstić information content (AvgIpc) is 2.46. The van der Waals surface area contributed by atoms with E-state index in [2.05, 4.69) is 0 Å². The number of sulfonamides is 1. The van der Waals surface area contributed by atoms with Crippen molar-refractivity contribution in [2.75, 3.05) is 30.9 Å². The van der Waals surface area contributed by atoms with Crippen molar-refractivity contribution in [3.05, 3.63) is 0 Å². The largest absolute Gasteiger partial charge is 0.462 e. The Morgan fingerprint density at radius 3 is 2.12 bits per heavy atom. The minimum atomic E-state index is -3.46. The van der Waals surface area contributed by atoms with Crippen molar-refractivity contribution in [1.82, 2.24) is 4.31 Å². The number of piperidine rings is 1. The van der Waals surface area contributed by atoms with Crippen LogP contribution in [0.25, 0.3) is 0 Å². The third-order valence-corrected chi connectivity index (χ3v) is 7.41. The molecular weight excluding hydrogens is 354 g/mol. The summed E-state index contributed by atoms with van der Waals surface area (Å²) in [6.07, 6.45) is 2.55. The normalized spacial score (nSPS) is 18.5. The SMILES string of the molecule is CCC(C)(C)C(=O)OC1CCN(S(=O)(=O)CCCS(C)(=O)=O)CC1. The van der Waals surface area contributed by atoms with Gasteiger partial charge in [0.15, 0.2) is 0 Å². The fourth-order valence-corrected chi connectivity index (χ4v) is 4.70. The van der Waals surface area contributed by atoms with E-state index >= 15 is 0 Å². The van der Waals surface area contributed by atoms with Gasteiger partial charge in [0.2, 0.25) is 10.0 Å². The van der Waals surface area contributed by atoms with Gasteiger partial charge in [-0.2, -0.15) is 0 Å². The molecule has 0 aromatic heterocycles. The van der Waals surface area contributed by atoms with Crippen LogP contribution in [0.4, 0.5) is 0 Å². The fourth-order valence-electron chi connectivity index (χ4n) is 2.32. The number of nitrogens with zero attached hydrogens (tertiary/aromatic N) is 1. The third-order valence-electron chi connectivity index (χ3n) is 4.42. The van der Waals surface area contributed by atoms with Crippen molar-refractivity contribution in [1.29, 1.82) is 0 Å². The van der Waals surface area contributed by atoms with Crippen molar-refractivity contribution < 1.29 is 26.4 Å². The summed E-state index contributed by atoms with van der Waals surface area (Å²) >= 11 is 0. The maximum absolute atomic E-state index is 12.2. The van der Waals surface area contributed by atoms with Gasteiger partial charge >= 0.3 is 5.97 Å². The van der Waals surface area contributed by atoms with Crippen LogP contribution in [0.5, 0.6) is 0 Å². The van der Waals surface area contributed by atoms with Crippen LogP contribution in [-0.4, -0.2) is 64.1 Å². The van der Waals surface area contributed by atoms with Crippen molar-refractivity contribution in [3.8, 4) is 0 Å². The predicted molar refractivity (Wildman–Crippen MR) is 92.9 cm³/mol. The zero-order valence-electron chi connectivity index (χ0n) is 14.9. The molecule has 1 heterocycles. The highest BCUT2D eigenvalue weighted by Crippen LogP contribution is 2.25. The molecule has 1 fully saturated rings. The first kappa shape index (κ1) is 21.4. The van der Waals surface area contributed by atoms with Crippen LogP contribution in [0.1, 0.15) is 46.5 Å². The lowest BCUT2D eigenvalue weighted by atomic mass is 9.90. The second-order valence-electron chi connectivity index (χ2n) is 7.04. The van der Waals surface area contributed by atoms with E-state index in [0.717, 1.165) is 6.26 Å². The van der Waals surface area contributed by atoms with Gasteiger partial charge in [0.25, 0.3) is 0 Å². The summed E-state index contributed by atoms with van der Waals surface area (Å²) in [5, 5.41) is 0. The Morgan fingerprint density at radius 2 is 1.67 bits per heavy atom. The second-order valence-corrected chi connectivity index (χ2v) is 11.4. The van der Waals surface area contributed by atoms with E-state index in [4.69, 9.17) is 4.74 Å². The van der Waals surface area contributed by atoms with Gasteiger partial charge in [0.1, 0.15) is 15.9 Å². The van der Waals surface area contributed by atoms with Gasteiger partial charge in [-0.3, -0.25) is 4.79 Å². The number of sulfone groups is 1. The smallest absolute Gasteiger partial charge is 0.311 e. The molecule has 1 aliphatic rings. The van der Waals surface area contributed by atoms with Gasteiger partial charge in [-0.1, -0.05) is 6.92 Å². The van der Waals surface area contributed by atoms with Gasteiger partial charge in [0, 0.05) is 19.3 Å². The molecule has 0 radical (unpaired) electrons. The van der Waals surface area contributed by atoms with E-state index in [9.17, 15) is 21.6 Å². The molecule has 0 spiro atoms. The molecule has 0 unspecified atom stereocenters. The first-order chi connectivity index (χ1) is 10.9. The van der Waals surface area contributed by atoms with Gasteiger partial charge in [-0.15, -0.1) is 0 Å². The summed E-state index contributed by atoms with van der Waals surface area (Å²) in [7, 11) is -6.62. The minimum absolute atomic E-state index is 0.0980. The quantitative estimate of drug-likeness (QED) is 0.584. The van der Waals surface area contributed by atoms with Gasteiger partial charge < -0.3 is 4.74 Å². The lowest BCUT2D eigenvalue weighted by Crippen LogP contribution is -2.43. The van der Waals surface area contributed by atoms with Crippen LogP contribution in [-0.2, 0) is 29.4 Å². The molecule has 142 valence electrons. The molecule has 1 rings (SSSR count). The summed E-state index contributed by atoms with van der Waals surface area (Å²) < 4.78 is 53.5. The Hall–Kier alpha value is -0.670. The molecule has 0 aromatic carbocycles. The van der Waals surface area contributed by atoms with Crippen LogP contribution in [0.15, 0.2) is 0 Å². The zero-order chi connectivity index (χ0) is 18.6. The molecular formula is C15H29NO6S2. The number of hydrogen-bond acceptors (Lipinski definition) is 6. The van der Waals surface area contributed by atoms with Gasteiger partial charge in [-0.05, 0) is 39.5 Å². The highest BCUT2D eigenvalue weighted by Gasteiger charge is 2.33. The fraction of sp³-hybridized carbons (Fsp3) is 0.933. The van der Waals surface area contributed by atoms with Crippen LogP contribution >= 0.6 is 0 Å². The maximum Gasteiger partial charge on any atom is 0.311 e. The molecule has 7 nitrogen and oxygen atoms in total. The Morgan fingerprint density at radius 1 is 1.12 bits per heavy atom. The molecule has 9 heteroatoms. The first-order valence-electron chi connectivity index (χ1n) is 8.24. The standard InChI is InChI=1S/C15H29NO6S2/c1-5-15(2,3)14(17)22-13-7-9-16(10-8-13)24(20,21)12-6-11-23(4,18)19/h13H,5-12H2,1-4H3. The molecule has 0 N–H and O–H groups in total. The molecule has 0 amide bonds. The van der Waals surface area contributed by atoms with E-state index < -0.39 is 25.3 Å². The zero-order valence-corrected chi connectivity index (χ0v) is 16.6. The van der Waals surface area contributed by atoms with Crippen LogP contribution in [0.3, 0.4) is 0 Å². The van der Waals surface area contributed by atoms with E-state index in [-0.39, 0.29) is 30.0 Å². The van der Waals surface area contributed by atoms with E-state index in [0.29, 0.717) is 32.4 Å². The highest BCUT2D eigenvalue weighted by molar-refractivity contribution is 7.91. The predicted octanol–water partition coefficient (Wildman–Crippen LogP) is 1.19.